The molecule has 1 aliphatic heterocycles. The van der Waals surface area contributed by atoms with Crippen LogP contribution < -0.4 is 9.64 Å². The fraction of sp³-hybridized carbons (Fsp3) is 0.235. The van der Waals surface area contributed by atoms with Gasteiger partial charge in [0.25, 0.3) is 5.91 Å². The highest BCUT2D eigenvalue weighted by atomic mass is 35.5. The minimum absolute atomic E-state index is 0.294. The van der Waals surface area contributed by atoms with Gasteiger partial charge in [-0.3, -0.25) is 4.79 Å². The third-order valence-electron chi connectivity index (χ3n) is 3.84. The minimum atomic E-state index is -0.492. The lowest BCUT2D eigenvalue weighted by atomic mass is 10.00. The van der Waals surface area contributed by atoms with Crippen LogP contribution in [0.25, 0.3) is 0 Å². The summed E-state index contributed by atoms with van der Waals surface area (Å²) >= 11 is 11.8. The molecule has 0 N–H and O–H groups in total. The second-order valence-electron chi connectivity index (χ2n) is 5.30. The topological polar surface area (TPSA) is 29.5 Å². The summed E-state index contributed by atoms with van der Waals surface area (Å²) in [6.45, 7) is 0.441. The Kier molecular flexibility index (Phi) is 4.46. The molecule has 1 heterocycles. The fourth-order valence-electron chi connectivity index (χ4n) is 2.84. The van der Waals surface area contributed by atoms with Crippen LogP contribution in [-0.4, -0.2) is 19.6 Å². The molecule has 120 valence electrons. The number of halogens is 3. The van der Waals surface area contributed by atoms with E-state index >= 15 is 0 Å². The van der Waals surface area contributed by atoms with Crippen molar-refractivity contribution in [2.75, 3.05) is 18.6 Å². The van der Waals surface area contributed by atoms with Crippen LogP contribution in [-0.2, 0) is 6.42 Å². The summed E-state index contributed by atoms with van der Waals surface area (Å²) in [5.74, 6) is -0.446. The summed E-state index contributed by atoms with van der Waals surface area (Å²) in [5.41, 5.74) is 1.38. The van der Waals surface area contributed by atoms with Gasteiger partial charge in [0, 0.05) is 16.6 Å². The summed E-state index contributed by atoms with van der Waals surface area (Å²) in [5, 5.41) is 0.801. The second-order valence-corrected chi connectivity index (χ2v) is 6.17. The number of fused-ring (bicyclic) bond motifs is 1. The van der Waals surface area contributed by atoms with E-state index in [4.69, 9.17) is 27.9 Å². The highest BCUT2D eigenvalue weighted by Crippen LogP contribution is 2.35. The summed E-state index contributed by atoms with van der Waals surface area (Å²) in [6, 6.07) is 7.70. The van der Waals surface area contributed by atoms with Crippen LogP contribution in [0.15, 0.2) is 30.3 Å². The molecule has 23 heavy (non-hydrogen) atoms. The summed E-state index contributed by atoms with van der Waals surface area (Å²) < 4.78 is 19.6. The van der Waals surface area contributed by atoms with Gasteiger partial charge in [0.05, 0.1) is 18.4 Å². The maximum absolute atomic E-state index is 14.4. The highest BCUT2D eigenvalue weighted by molar-refractivity contribution is 6.31. The molecule has 0 aromatic heterocycles. The van der Waals surface area contributed by atoms with E-state index in [-0.39, 0.29) is 5.91 Å². The number of benzene rings is 2. The van der Waals surface area contributed by atoms with Crippen LogP contribution in [0, 0.1) is 5.82 Å². The zero-order chi connectivity index (χ0) is 16.6. The zero-order valence-electron chi connectivity index (χ0n) is 12.4. The van der Waals surface area contributed by atoms with Crippen molar-refractivity contribution in [3.05, 3.63) is 57.3 Å². The molecule has 2 aromatic carbocycles. The van der Waals surface area contributed by atoms with Crippen LogP contribution in [0.3, 0.4) is 0 Å². The average Bonchev–Trinajstić information content (AvgIpc) is 2.53. The Morgan fingerprint density at radius 3 is 2.74 bits per heavy atom. The third-order valence-corrected chi connectivity index (χ3v) is 4.30. The molecular weight excluding hydrogens is 340 g/mol. The SMILES string of the molecule is COc1cc(Cl)ccc1C(=O)N1CCCc2cc(Cl)cc(F)c21. The van der Waals surface area contributed by atoms with Gasteiger partial charge in [-0.1, -0.05) is 23.2 Å². The molecule has 0 saturated carbocycles. The van der Waals surface area contributed by atoms with Crippen molar-refractivity contribution in [1.29, 1.82) is 0 Å². The maximum Gasteiger partial charge on any atom is 0.262 e. The Morgan fingerprint density at radius 2 is 2.00 bits per heavy atom. The van der Waals surface area contributed by atoms with Gasteiger partial charge in [-0.25, -0.2) is 4.39 Å². The molecule has 0 fully saturated rings. The highest BCUT2D eigenvalue weighted by Gasteiger charge is 2.28. The number of methoxy groups -OCH3 is 1. The largest absolute Gasteiger partial charge is 0.496 e. The zero-order valence-corrected chi connectivity index (χ0v) is 13.9. The van der Waals surface area contributed by atoms with E-state index in [0.29, 0.717) is 40.0 Å². The molecular formula is C17H14Cl2FNO2. The van der Waals surface area contributed by atoms with Crippen molar-refractivity contribution < 1.29 is 13.9 Å². The van der Waals surface area contributed by atoms with Gasteiger partial charge in [0.2, 0.25) is 0 Å². The molecule has 2 aromatic rings. The van der Waals surface area contributed by atoms with Crippen molar-refractivity contribution in [3.63, 3.8) is 0 Å². The maximum atomic E-state index is 14.4. The number of ether oxygens (including phenoxy) is 1. The standard InChI is InChI=1S/C17H14Cl2FNO2/c1-23-15-9-11(18)4-5-13(15)17(22)21-6-2-3-10-7-12(19)8-14(20)16(10)21/h4-5,7-9H,2-3,6H2,1H3. The van der Waals surface area contributed by atoms with E-state index < -0.39 is 5.82 Å². The summed E-state index contributed by atoms with van der Waals surface area (Å²) in [4.78, 5) is 14.3. The predicted molar refractivity (Wildman–Crippen MR) is 89.4 cm³/mol. The van der Waals surface area contributed by atoms with Gasteiger partial charge in [0.15, 0.2) is 0 Å². The van der Waals surface area contributed by atoms with Gasteiger partial charge in [0.1, 0.15) is 11.6 Å². The van der Waals surface area contributed by atoms with Crippen molar-refractivity contribution >= 4 is 34.8 Å². The number of hydrogen-bond donors (Lipinski definition) is 0. The molecule has 1 aliphatic rings. The quantitative estimate of drug-likeness (QED) is 0.780. The van der Waals surface area contributed by atoms with E-state index in [1.165, 1.54) is 18.1 Å². The van der Waals surface area contributed by atoms with E-state index in [1.807, 2.05) is 0 Å². The van der Waals surface area contributed by atoms with Gasteiger partial charge < -0.3 is 9.64 Å². The second kappa shape index (κ2) is 6.38. The van der Waals surface area contributed by atoms with Crippen molar-refractivity contribution in [2.45, 2.75) is 12.8 Å². The first kappa shape index (κ1) is 16.1. The monoisotopic (exact) mass is 353 g/mol. The van der Waals surface area contributed by atoms with Crippen LogP contribution in [0.5, 0.6) is 5.75 Å². The molecule has 3 nitrogen and oxygen atoms in total. The van der Waals surface area contributed by atoms with Gasteiger partial charge >= 0.3 is 0 Å². The molecule has 0 bridgehead atoms. The molecule has 0 spiro atoms. The number of carbonyl (C=O) groups is 1. The molecule has 0 atom stereocenters. The molecule has 0 aliphatic carbocycles. The number of hydrogen-bond acceptors (Lipinski definition) is 2. The number of rotatable bonds is 2. The van der Waals surface area contributed by atoms with Crippen molar-refractivity contribution in [3.8, 4) is 5.75 Å². The number of nitrogens with zero attached hydrogens (tertiary/aromatic N) is 1. The molecule has 0 radical (unpaired) electrons. The molecule has 3 rings (SSSR count). The van der Waals surface area contributed by atoms with Crippen molar-refractivity contribution in [1.82, 2.24) is 0 Å². The molecule has 6 heteroatoms. The summed E-state index contributed by atoms with van der Waals surface area (Å²) in [7, 11) is 1.47. The lowest BCUT2D eigenvalue weighted by Gasteiger charge is -2.30. The van der Waals surface area contributed by atoms with E-state index in [2.05, 4.69) is 0 Å². The van der Waals surface area contributed by atoms with Crippen LogP contribution in [0.4, 0.5) is 10.1 Å². The first-order valence-electron chi connectivity index (χ1n) is 7.14. The Labute approximate surface area is 143 Å². The van der Waals surface area contributed by atoms with Crippen LogP contribution in [0.2, 0.25) is 10.0 Å². The van der Waals surface area contributed by atoms with E-state index in [9.17, 15) is 9.18 Å². The minimum Gasteiger partial charge on any atom is -0.496 e. The lowest BCUT2D eigenvalue weighted by Crippen LogP contribution is -2.36. The number of amides is 1. The van der Waals surface area contributed by atoms with Gasteiger partial charge in [-0.05, 0) is 48.7 Å². The molecule has 0 unspecified atom stereocenters. The van der Waals surface area contributed by atoms with Gasteiger partial charge in [-0.15, -0.1) is 0 Å². The Morgan fingerprint density at radius 1 is 1.22 bits per heavy atom. The fourth-order valence-corrected chi connectivity index (χ4v) is 3.23. The smallest absolute Gasteiger partial charge is 0.262 e. The Balaban J connectivity index is 2.06. The van der Waals surface area contributed by atoms with Crippen LogP contribution in [0.1, 0.15) is 22.3 Å². The Bertz CT molecular complexity index is 779. The van der Waals surface area contributed by atoms with Crippen molar-refractivity contribution in [2.24, 2.45) is 0 Å². The number of anilines is 1. The van der Waals surface area contributed by atoms with E-state index in [0.717, 1.165) is 12.0 Å². The average molecular weight is 354 g/mol. The first-order chi connectivity index (χ1) is 11.0. The molecule has 1 amide bonds. The van der Waals surface area contributed by atoms with E-state index in [1.54, 1.807) is 24.3 Å². The van der Waals surface area contributed by atoms with Gasteiger partial charge in [-0.2, -0.15) is 0 Å². The lowest BCUT2D eigenvalue weighted by molar-refractivity contribution is 0.0981. The number of aryl methyl sites for hydroxylation is 1. The van der Waals surface area contributed by atoms with Crippen LogP contribution >= 0.6 is 23.2 Å². The predicted octanol–water partition coefficient (Wildman–Crippen LogP) is 4.73. The Hall–Kier alpha value is -1.78. The normalized spacial score (nSPS) is 13.7. The summed E-state index contributed by atoms with van der Waals surface area (Å²) in [6.07, 6.45) is 1.43. The first-order valence-corrected chi connectivity index (χ1v) is 7.90. The molecule has 0 saturated heterocycles. The number of carbonyl (C=O) groups excluding carboxylic acids is 1. The third kappa shape index (κ3) is 3.01.